The van der Waals surface area contributed by atoms with Crippen LogP contribution in [0.3, 0.4) is 0 Å². The Bertz CT molecular complexity index is 1760. The van der Waals surface area contributed by atoms with E-state index in [-0.39, 0.29) is 23.1 Å². The number of hydrogen-bond donors (Lipinski definition) is 3. The minimum atomic E-state index is -1.23. The van der Waals surface area contributed by atoms with Gasteiger partial charge in [0, 0.05) is 63.4 Å². The molecule has 13 nitrogen and oxygen atoms in total. The number of fused-ring (bicyclic) bond motifs is 2. The lowest BCUT2D eigenvalue weighted by molar-refractivity contribution is 0.0635. The number of halogens is 1. The van der Waals surface area contributed by atoms with E-state index in [1.54, 1.807) is 43.9 Å². The highest BCUT2D eigenvalue weighted by atomic mass is 35.5. The smallest absolute Gasteiger partial charge is 0.413 e. The number of amides is 2. The van der Waals surface area contributed by atoms with Gasteiger partial charge in [-0.2, -0.15) is 5.10 Å². The van der Waals surface area contributed by atoms with Crippen molar-refractivity contribution in [3.8, 4) is 0 Å². The van der Waals surface area contributed by atoms with E-state index in [1.165, 1.54) is 4.52 Å². The first-order valence-electron chi connectivity index (χ1n) is 16.0. The van der Waals surface area contributed by atoms with Crippen LogP contribution in [-0.2, 0) is 16.2 Å². The minimum absolute atomic E-state index is 0.00514. The lowest BCUT2D eigenvalue weighted by atomic mass is 9.99. The molecule has 47 heavy (non-hydrogen) atoms. The molecule has 4 N–H and O–H groups in total. The van der Waals surface area contributed by atoms with E-state index in [4.69, 9.17) is 31.9 Å². The van der Waals surface area contributed by atoms with Crippen molar-refractivity contribution in [1.82, 2.24) is 29.7 Å². The summed E-state index contributed by atoms with van der Waals surface area (Å²) in [4.78, 5) is 33.3. The number of ether oxygens (including phenoxy) is 2. The van der Waals surface area contributed by atoms with E-state index in [9.17, 15) is 9.59 Å². The molecule has 2 atom stereocenters. The Morgan fingerprint density at radius 3 is 2.70 bits per heavy atom. The predicted molar refractivity (Wildman–Crippen MR) is 187 cm³/mol. The summed E-state index contributed by atoms with van der Waals surface area (Å²) in [6.07, 6.45) is 6.25. The lowest BCUT2D eigenvalue weighted by Crippen LogP contribution is -2.43. The van der Waals surface area contributed by atoms with Gasteiger partial charge in [0.2, 0.25) is 0 Å². The van der Waals surface area contributed by atoms with Gasteiger partial charge in [-0.3, -0.25) is 10.1 Å². The van der Waals surface area contributed by atoms with Crippen molar-refractivity contribution in [1.29, 1.82) is 0 Å². The third-order valence-corrected chi connectivity index (χ3v) is 9.87. The molecule has 15 heteroatoms. The molecule has 4 aromatic rings. The van der Waals surface area contributed by atoms with E-state index < -0.39 is 31.7 Å². The third-order valence-electron chi connectivity index (χ3n) is 7.85. The fourth-order valence-electron chi connectivity index (χ4n) is 5.60. The van der Waals surface area contributed by atoms with E-state index in [0.717, 1.165) is 47.6 Å². The van der Waals surface area contributed by atoms with Gasteiger partial charge in [0.1, 0.15) is 23.4 Å². The molecule has 4 heterocycles. The molecular formula is C32H46ClN9O4Si. The Labute approximate surface area is 281 Å². The highest BCUT2D eigenvalue weighted by Crippen LogP contribution is 2.39. The van der Waals surface area contributed by atoms with Crippen LogP contribution in [0, 0.1) is 0 Å². The zero-order chi connectivity index (χ0) is 34.1. The van der Waals surface area contributed by atoms with Gasteiger partial charge in [0.15, 0.2) is 11.5 Å². The predicted octanol–water partition coefficient (Wildman–Crippen LogP) is 5.81. The maximum absolute atomic E-state index is 14.0. The summed E-state index contributed by atoms with van der Waals surface area (Å²) in [5.41, 5.74) is 8.48. The molecule has 3 aromatic heterocycles. The number of nitrogens with one attached hydrogen (secondary N) is 2. The van der Waals surface area contributed by atoms with Gasteiger partial charge in [0.25, 0.3) is 5.91 Å². The van der Waals surface area contributed by atoms with Crippen molar-refractivity contribution in [2.24, 2.45) is 5.73 Å². The van der Waals surface area contributed by atoms with Gasteiger partial charge in [-0.1, -0.05) is 31.2 Å². The summed E-state index contributed by atoms with van der Waals surface area (Å²) in [5.74, 6) is -0.442. The Kier molecular flexibility index (Phi) is 10.2. The zero-order valence-electron chi connectivity index (χ0n) is 28.3. The van der Waals surface area contributed by atoms with Crippen molar-refractivity contribution in [3.05, 3.63) is 46.9 Å². The first-order chi connectivity index (χ1) is 22.1. The summed E-state index contributed by atoms with van der Waals surface area (Å²) in [5, 5.41) is 16.4. The fraction of sp³-hybridized carbons (Fsp3) is 0.531. The van der Waals surface area contributed by atoms with Crippen molar-refractivity contribution < 1.29 is 19.1 Å². The Balaban J connectivity index is 1.48. The van der Waals surface area contributed by atoms with Gasteiger partial charge in [-0.25, -0.2) is 19.0 Å². The van der Waals surface area contributed by atoms with Crippen LogP contribution >= 0.6 is 11.6 Å². The minimum Gasteiger partial charge on any atom is -0.444 e. The summed E-state index contributed by atoms with van der Waals surface area (Å²) < 4.78 is 14.6. The Morgan fingerprint density at radius 2 is 2.00 bits per heavy atom. The quantitative estimate of drug-likeness (QED) is 0.139. The van der Waals surface area contributed by atoms with Crippen molar-refractivity contribution in [3.63, 3.8) is 0 Å². The number of carbonyl (C=O) groups is 2. The van der Waals surface area contributed by atoms with Crippen LogP contribution < -0.4 is 21.3 Å². The van der Waals surface area contributed by atoms with Crippen molar-refractivity contribution >= 4 is 59.7 Å². The number of carbonyl (C=O) groups excluding carboxylic acids is 2. The van der Waals surface area contributed by atoms with E-state index in [2.05, 4.69) is 45.3 Å². The number of hydrogen-bond acceptors (Lipinski definition) is 9. The molecule has 0 aliphatic carbocycles. The van der Waals surface area contributed by atoms with Crippen molar-refractivity contribution in [2.75, 3.05) is 29.9 Å². The molecule has 1 fully saturated rings. The van der Waals surface area contributed by atoms with Crippen LogP contribution in [0.1, 0.15) is 62.5 Å². The highest BCUT2D eigenvalue weighted by molar-refractivity contribution is 6.76. The topological polar surface area (TPSA) is 154 Å². The first kappa shape index (κ1) is 34.6. The number of piperidine rings is 1. The molecule has 0 radical (unpaired) electrons. The monoisotopic (exact) mass is 683 g/mol. The average Bonchev–Trinajstić information content (AvgIpc) is 3.55. The van der Waals surface area contributed by atoms with Gasteiger partial charge in [0.05, 0.1) is 16.8 Å². The molecule has 254 valence electrons. The maximum Gasteiger partial charge on any atom is 0.413 e. The molecule has 1 aliphatic rings. The molecule has 1 saturated heterocycles. The lowest BCUT2D eigenvalue weighted by Gasteiger charge is -2.35. The molecule has 1 aromatic carbocycles. The maximum atomic E-state index is 14.0. The van der Waals surface area contributed by atoms with E-state index >= 15 is 0 Å². The Morgan fingerprint density at radius 1 is 1.23 bits per heavy atom. The van der Waals surface area contributed by atoms with Crippen LogP contribution in [0.4, 0.5) is 16.3 Å². The van der Waals surface area contributed by atoms with Gasteiger partial charge in [-0.15, -0.1) is 5.10 Å². The van der Waals surface area contributed by atoms with Crippen LogP contribution in [0.15, 0.2) is 30.7 Å². The molecule has 1 aliphatic heterocycles. The number of rotatable bonds is 10. The fourth-order valence-corrected chi connectivity index (χ4v) is 6.61. The largest absolute Gasteiger partial charge is 0.444 e. The molecule has 0 bridgehead atoms. The second kappa shape index (κ2) is 13.8. The molecule has 1 unspecified atom stereocenters. The number of nitrogens with two attached hydrogens (primary N) is 1. The van der Waals surface area contributed by atoms with E-state index in [0.29, 0.717) is 24.9 Å². The second-order valence-corrected chi connectivity index (χ2v) is 20.4. The molecule has 5 rings (SSSR count). The highest BCUT2D eigenvalue weighted by Gasteiger charge is 2.30. The Hall–Kier alpha value is -3.72. The standard InChI is InChI=1S/C32H46ClN9O4Si/c1-20(36-30(43)25-28(37-31(44)46-32(2,3)4)39-42-13-9-11-35-29(25)42)22-16-24(33)23-18-41(19-45-14-15-47(5,6)7)38-26(23)27(22)40-12-8-10-21(34)17-40/h9,11,13,16,18,20-21H,8,10,12,14-15,17,19,34H2,1-7H3,(H,36,43)(H,37,39,44)/t20?,21-/m0/s1. The van der Waals surface area contributed by atoms with Crippen LogP contribution in [0.25, 0.3) is 16.6 Å². The zero-order valence-corrected chi connectivity index (χ0v) is 30.0. The summed E-state index contributed by atoms with van der Waals surface area (Å²) in [6, 6.07) is 4.11. The van der Waals surface area contributed by atoms with Gasteiger partial charge < -0.3 is 25.4 Å². The SMILES string of the molecule is CC(NC(=O)c1c(NC(=O)OC(C)(C)C)nn2cccnc12)c1cc(Cl)c2cn(COCC[Si](C)(C)C)nc2c1N1CCC[C@H](N)C1. The van der Waals surface area contributed by atoms with E-state index in [1.807, 2.05) is 19.2 Å². The molecule has 0 saturated carbocycles. The molecule has 2 amide bonds. The van der Waals surface area contributed by atoms with Gasteiger partial charge >= 0.3 is 6.09 Å². The van der Waals surface area contributed by atoms with Crippen LogP contribution in [-0.4, -0.2) is 75.8 Å². The van der Waals surface area contributed by atoms with Crippen molar-refractivity contribution in [2.45, 2.75) is 90.6 Å². The summed E-state index contributed by atoms with van der Waals surface area (Å²) in [7, 11) is -1.23. The number of benzene rings is 1. The van der Waals surface area contributed by atoms with Crippen LogP contribution in [0.2, 0.25) is 30.7 Å². The number of nitrogens with zero attached hydrogens (tertiary/aromatic N) is 6. The first-order valence-corrected chi connectivity index (χ1v) is 20.1. The summed E-state index contributed by atoms with van der Waals surface area (Å²) >= 11 is 6.90. The number of aromatic nitrogens is 5. The van der Waals surface area contributed by atoms with Crippen LogP contribution in [0.5, 0.6) is 0 Å². The average molecular weight is 684 g/mol. The molecular weight excluding hydrogens is 638 g/mol. The van der Waals surface area contributed by atoms with Gasteiger partial charge in [-0.05, 0) is 58.7 Å². The number of anilines is 2. The molecule has 0 spiro atoms. The second-order valence-electron chi connectivity index (χ2n) is 14.4. The third kappa shape index (κ3) is 8.42. The normalized spacial score (nSPS) is 16.4. The summed E-state index contributed by atoms with van der Waals surface area (Å²) in [6.45, 7) is 16.5.